The lowest BCUT2D eigenvalue weighted by molar-refractivity contribution is -0.138. The van der Waals surface area contributed by atoms with Crippen LogP contribution >= 0.6 is 11.3 Å². The van der Waals surface area contributed by atoms with Gasteiger partial charge in [-0.1, -0.05) is 42.0 Å². The number of carbonyl (C=O) groups is 1. The number of rotatable bonds is 6. The van der Waals surface area contributed by atoms with Gasteiger partial charge in [-0.2, -0.15) is 0 Å². The second kappa shape index (κ2) is 7.07. The molecule has 1 aliphatic rings. The molecule has 0 unspecified atom stereocenters. The Bertz CT molecular complexity index is 1130. The van der Waals surface area contributed by atoms with Crippen LogP contribution in [0.1, 0.15) is 23.5 Å². The maximum atomic E-state index is 13.0. The number of anilines is 1. The van der Waals surface area contributed by atoms with Crippen molar-refractivity contribution in [3.05, 3.63) is 71.1 Å². The summed E-state index contributed by atoms with van der Waals surface area (Å²) in [4.78, 5) is 11.1. The van der Waals surface area contributed by atoms with Gasteiger partial charge in [-0.3, -0.25) is 9.52 Å². The van der Waals surface area contributed by atoms with Gasteiger partial charge in [0.1, 0.15) is 4.21 Å². The number of hydrogen-bond acceptors (Lipinski definition) is 4. The number of sulfonamides is 1. The highest BCUT2D eigenvalue weighted by Gasteiger charge is 2.44. The van der Waals surface area contributed by atoms with Gasteiger partial charge >= 0.3 is 5.97 Å². The number of benzene rings is 2. The smallest absolute Gasteiger partial charge is 0.307 e. The van der Waals surface area contributed by atoms with E-state index in [-0.39, 0.29) is 16.0 Å². The van der Waals surface area contributed by atoms with Crippen LogP contribution in [0.15, 0.2) is 64.2 Å². The van der Waals surface area contributed by atoms with Gasteiger partial charge in [0.25, 0.3) is 10.0 Å². The van der Waals surface area contributed by atoms with Crippen LogP contribution in [0.3, 0.4) is 0 Å². The fraction of sp³-hybridized carbons (Fsp3) is 0.190. The number of aliphatic carboxylic acids is 1. The van der Waals surface area contributed by atoms with Crippen molar-refractivity contribution < 1.29 is 18.3 Å². The van der Waals surface area contributed by atoms with Gasteiger partial charge in [-0.25, -0.2) is 8.42 Å². The Morgan fingerprint density at radius 3 is 2.57 bits per heavy atom. The van der Waals surface area contributed by atoms with E-state index in [0.717, 1.165) is 16.7 Å². The van der Waals surface area contributed by atoms with Gasteiger partial charge in [0.15, 0.2) is 0 Å². The number of carboxylic acid groups (broad SMARTS) is 1. The first-order valence-corrected chi connectivity index (χ1v) is 11.2. The summed E-state index contributed by atoms with van der Waals surface area (Å²) in [6.45, 7) is 1.98. The zero-order valence-electron chi connectivity index (χ0n) is 15.1. The summed E-state index contributed by atoms with van der Waals surface area (Å²) in [6.07, 6.45) is 0.591. The van der Waals surface area contributed by atoms with Crippen LogP contribution in [0.4, 0.5) is 5.69 Å². The van der Waals surface area contributed by atoms with E-state index in [9.17, 15) is 13.2 Å². The van der Waals surface area contributed by atoms with E-state index in [1.54, 1.807) is 23.6 Å². The molecule has 7 heteroatoms. The van der Waals surface area contributed by atoms with Crippen LogP contribution in [0, 0.1) is 12.8 Å². The molecule has 1 aromatic heterocycles. The maximum Gasteiger partial charge on any atom is 0.307 e. The Morgan fingerprint density at radius 2 is 1.89 bits per heavy atom. The highest BCUT2D eigenvalue weighted by Crippen LogP contribution is 2.48. The van der Waals surface area contributed by atoms with Crippen LogP contribution < -0.4 is 4.72 Å². The standard InChI is InChI=1S/C21H19NO4S2/c1-13-5-7-14(8-6-13)17-9-10-27-21(17)28(25,26)22-16-4-2-3-15(11-16)18-12-19(18)20(23)24/h2-11,18-19,22H,12H2,1H3,(H,23,24)/t18-,19-/m1/s1. The van der Waals surface area contributed by atoms with E-state index >= 15 is 0 Å². The second-order valence-electron chi connectivity index (χ2n) is 7.01. The minimum Gasteiger partial charge on any atom is -0.481 e. The molecule has 28 heavy (non-hydrogen) atoms. The molecular weight excluding hydrogens is 394 g/mol. The number of carboxylic acids is 1. The first kappa shape index (κ1) is 18.7. The van der Waals surface area contributed by atoms with Gasteiger partial charge in [0.05, 0.1) is 5.92 Å². The number of hydrogen-bond donors (Lipinski definition) is 2. The summed E-state index contributed by atoms with van der Waals surface area (Å²) in [5.74, 6) is -1.23. The van der Waals surface area contributed by atoms with Crippen LogP contribution in [0.2, 0.25) is 0 Å². The number of aryl methyl sites for hydroxylation is 1. The average molecular weight is 414 g/mol. The van der Waals surface area contributed by atoms with Crippen LogP contribution in [-0.2, 0) is 14.8 Å². The first-order valence-electron chi connectivity index (χ1n) is 8.85. The van der Waals surface area contributed by atoms with Crippen LogP contribution in [0.5, 0.6) is 0 Å². The summed E-state index contributed by atoms with van der Waals surface area (Å²) in [5.41, 5.74) is 3.91. The zero-order chi connectivity index (χ0) is 19.9. The van der Waals surface area contributed by atoms with Gasteiger partial charge in [-0.05, 0) is 54.0 Å². The molecule has 2 aromatic carbocycles. The third-order valence-electron chi connectivity index (χ3n) is 4.91. The Kier molecular flexibility index (Phi) is 4.72. The van der Waals surface area contributed by atoms with Crippen LogP contribution in [-0.4, -0.2) is 19.5 Å². The zero-order valence-corrected chi connectivity index (χ0v) is 16.8. The third kappa shape index (κ3) is 3.68. The van der Waals surface area contributed by atoms with Crippen molar-refractivity contribution in [3.63, 3.8) is 0 Å². The SMILES string of the molecule is Cc1ccc(-c2ccsc2S(=O)(=O)Nc2cccc([C@H]3C[C@H]3C(=O)O)c2)cc1. The molecular formula is C21H19NO4S2. The summed E-state index contributed by atoms with van der Waals surface area (Å²) >= 11 is 1.17. The Labute approximate surface area is 167 Å². The molecule has 1 fully saturated rings. The lowest BCUT2D eigenvalue weighted by atomic mass is 10.1. The number of thiophene rings is 1. The van der Waals surface area contributed by atoms with Crippen molar-refractivity contribution in [2.45, 2.75) is 23.5 Å². The van der Waals surface area contributed by atoms with E-state index in [1.807, 2.05) is 43.3 Å². The minimum absolute atomic E-state index is 0.0492. The Hall–Kier alpha value is -2.64. The highest BCUT2D eigenvalue weighted by molar-refractivity contribution is 7.94. The lowest BCUT2D eigenvalue weighted by Crippen LogP contribution is -2.12. The molecule has 3 aromatic rings. The van der Waals surface area contributed by atoms with E-state index in [4.69, 9.17) is 5.11 Å². The van der Waals surface area contributed by atoms with Crippen molar-refractivity contribution in [2.24, 2.45) is 5.92 Å². The topological polar surface area (TPSA) is 83.5 Å². The third-order valence-corrected chi connectivity index (χ3v) is 7.78. The summed E-state index contributed by atoms with van der Waals surface area (Å²) in [7, 11) is -3.76. The van der Waals surface area contributed by atoms with Gasteiger partial charge in [-0.15, -0.1) is 11.3 Å². The molecule has 0 aliphatic heterocycles. The second-order valence-corrected chi connectivity index (χ2v) is 9.80. The molecule has 2 N–H and O–H groups in total. The summed E-state index contributed by atoms with van der Waals surface area (Å²) in [6, 6.07) is 16.5. The first-order chi connectivity index (χ1) is 13.3. The van der Waals surface area contributed by atoms with Crippen molar-refractivity contribution in [1.29, 1.82) is 0 Å². The van der Waals surface area contributed by atoms with Gasteiger partial charge < -0.3 is 5.11 Å². The van der Waals surface area contributed by atoms with Gasteiger partial charge in [0.2, 0.25) is 0 Å². The molecule has 2 atom stereocenters. The molecule has 1 saturated carbocycles. The van der Waals surface area contributed by atoms with E-state index < -0.39 is 16.0 Å². The van der Waals surface area contributed by atoms with E-state index in [0.29, 0.717) is 17.7 Å². The lowest BCUT2D eigenvalue weighted by Gasteiger charge is -2.10. The van der Waals surface area contributed by atoms with Crippen molar-refractivity contribution in [1.82, 2.24) is 0 Å². The molecule has 144 valence electrons. The molecule has 4 rings (SSSR count). The van der Waals surface area contributed by atoms with Crippen LogP contribution in [0.25, 0.3) is 11.1 Å². The summed E-state index contributed by atoms with van der Waals surface area (Å²) in [5, 5.41) is 10.9. The quantitative estimate of drug-likeness (QED) is 0.613. The molecule has 0 spiro atoms. The molecule has 0 bridgehead atoms. The minimum atomic E-state index is -3.76. The normalized spacial score (nSPS) is 18.6. The molecule has 5 nitrogen and oxygen atoms in total. The fourth-order valence-corrected chi connectivity index (χ4v) is 5.77. The molecule has 0 saturated heterocycles. The molecule has 0 amide bonds. The van der Waals surface area contributed by atoms with Crippen molar-refractivity contribution in [2.75, 3.05) is 4.72 Å². The predicted octanol–water partition coefficient (Wildman–Crippen LogP) is 4.71. The average Bonchev–Trinajstić information content (AvgIpc) is 3.31. The van der Waals surface area contributed by atoms with Gasteiger partial charge in [0, 0.05) is 11.3 Å². The molecule has 1 heterocycles. The van der Waals surface area contributed by atoms with Crippen molar-refractivity contribution >= 4 is 33.0 Å². The monoisotopic (exact) mass is 413 g/mol. The van der Waals surface area contributed by atoms with E-state index in [2.05, 4.69) is 4.72 Å². The predicted molar refractivity (Wildman–Crippen MR) is 110 cm³/mol. The fourth-order valence-electron chi connectivity index (χ4n) is 3.32. The molecule has 0 radical (unpaired) electrons. The number of nitrogens with one attached hydrogen (secondary N) is 1. The largest absolute Gasteiger partial charge is 0.481 e. The Morgan fingerprint density at radius 1 is 1.14 bits per heavy atom. The maximum absolute atomic E-state index is 13.0. The summed E-state index contributed by atoms with van der Waals surface area (Å²) < 4.78 is 28.9. The Balaban J connectivity index is 1.60. The van der Waals surface area contributed by atoms with Crippen molar-refractivity contribution in [3.8, 4) is 11.1 Å². The molecule has 1 aliphatic carbocycles. The highest BCUT2D eigenvalue weighted by atomic mass is 32.2. The van der Waals surface area contributed by atoms with E-state index in [1.165, 1.54) is 11.3 Å².